The number of rotatable bonds is 7. The van der Waals surface area contributed by atoms with Crippen molar-refractivity contribution in [1.29, 1.82) is 0 Å². The lowest BCUT2D eigenvalue weighted by Gasteiger charge is -2.21. The molecule has 4 nitrogen and oxygen atoms in total. The number of aryl methyl sites for hydroxylation is 1. The number of H-pyrrole nitrogens is 1. The van der Waals surface area contributed by atoms with E-state index in [1.807, 2.05) is 30.0 Å². The molecule has 0 fully saturated rings. The minimum atomic E-state index is 0.204. The van der Waals surface area contributed by atoms with Gasteiger partial charge >= 0.3 is 0 Å². The quantitative estimate of drug-likeness (QED) is 0.848. The van der Waals surface area contributed by atoms with Crippen LogP contribution in [0.4, 0.5) is 0 Å². The van der Waals surface area contributed by atoms with E-state index in [4.69, 9.17) is 4.74 Å². The Kier molecular flexibility index (Phi) is 5.47. The summed E-state index contributed by atoms with van der Waals surface area (Å²) in [5, 5.41) is 1.08. The van der Waals surface area contributed by atoms with Crippen LogP contribution in [0.3, 0.4) is 0 Å². The molecule has 0 bridgehead atoms. The average molecular weight is 302 g/mol. The van der Waals surface area contributed by atoms with E-state index in [2.05, 4.69) is 18.8 Å². The highest BCUT2D eigenvalue weighted by Crippen LogP contribution is 2.27. The van der Waals surface area contributed by atoms with Gasteiger partial charge in [0.15, 0.2) is 0 Å². The monoisotopic (exact) mass is 302 g/mol. The normalized spacial score (nSPS) is 10.9. The van der Waals surface area contributed by atoms with Crippen molar-refractivity contribution in [2.75, 3.05) is 20.2 Å². The number of hydrogen-bond acceptors (Lipinski definition) is 2. The predicted molar refractivity (Wildman–Crippen MR) is 90.5 cm³/mol. The zero-order valence-electron chi connectivity index (χ0n) is 14.0. The first-order chi connectivity index (χ1) is 10.6. The number of hydrogen-bond donors (Lipinski definition) is 1. The molecule has 22 heavy (non-hydrogen) atoms. The zero-order valence-corrected chi connectivity index (χ0v) is 14.0. The van der Waals surface area contributed by atoms with Gasteiger partial charge in [-0.2, -0.15) is 0 Å². The number of methoxy groups -OCH3 is 1. The number of aromatic amines is 1. The van der Waals surface area contributed by atoms with Crippen LogP contribution < -0.4 is 4.74 Å². The Morgan fingerprint density at radius 2 is 1.91 bits per heavy atom. The third-order valence-corrected chi connectivity index (χ3v) is 3.99. The van der Waals surface area contributed by atoms with Crippen molar-refractivity contribution < 1.29 is 9.53 Å². The van der Waals surface area contributed by atoms with Gasteiger partial charge in [-0.1, -0.05) is 13.8 Å². The standard InChI is InChI=1S/C18H26N2O2/c1-5-9-20(10-6-2)18(21)12-15-13(3)19-17-8-7-14(22-4)11-16(15)17/h7-8,11,19H,5-6,9-10,12H2,1-4H3. The second-order valence-corrected chi connectivity index (χ2v) is 5.70. The van der Waals surface area contributed by atoms with Crippen LogP contribution in [0, 0.1) is 6.92 Å². The molecular weight excluding hydrogens is 276 g/mol. The molecule has 0 saturated carbocycles. The third kappa shape index (κ3) is 3.43. The summed E-state index contributed by atoms with van der Waals surface area (Å²) in [5.74, 6) is 1.02. The van der Waals surface area contributed by atoms with Crippen molar-refractivity contribution in [3.8, 4) is 5.75 Å². The average Bonchev–Trinajstić information content (AvgIpc) is 2.82. The lowest BCUT2D eigenvalue weighted by molar-refractivity contribution is -0.130. The van der Waals surface area contributed by atoms with Crippen molar-refractivity contribution in [2.45, 2.75) is 40.0 Å². The highest BCUT2D eigenvalue weighted by atomic mass is 16.5. The maximum absolute atomic E-state index is 12.6. The summed E-state index contributed by atoms with van der Waals surface area (Å²) in [6, 6.07) is 5.95. The molecule has 0 atom stereocenters. The fourth-order valence-corrected chi connectivity index (χ4v) is 2.88. The number of nitrogens with zero attached hydrogens (tertiary/aromatic N) is 1. The van der Waals surface area contributed by atoms with E-state index < -0.39 is 0 Å². The Hall–Kier alpha value is -1.97. The van der Waals surface area contributed by atoms with E-state index in [0.717, 1.165) is 53.8 Å². The molecule has 1 N–H and O–H groups in total. The van der Waals surface area contributed by atoms with Gasteiger partial charge in [-0.05, 0) is 43.5 Å². The van der Waals surface area contributed by atoms with Gasteiger partial charge < -0.3 is 14.6 Å². The molecule has 4 heteroatoms. The Bertz CT molecular complexity index is 640. The molecule has 0 aliphatic rings. The first kappa shape index (κ1) is 16.4. The van der Waals surface area contributed by atoms with E-state index in [1.54, 1.807) is 7.11 Å². The molecule has 0 spiro atoms. The van der Waals surface area contributed by atoms with Gasteiger partial charge in [0, 0.05) is 29.7 Å². The molecule has 1 aromatic heterocycles. The summed E-state index contributed by atoms with van der Waals surface area (Å²) >= 11 is 0. The van der Waals surface area contributed by atoms with Gasteiger partial charge in [0.1, 0.15) is 5.75 Å². The molecule has 2 rings (SSSR count). The number of carbonyl (C=O) groups is 1. The molecule has 0 aliphatic heterocycles. The van der Waals surface area contributed by atoms with Crippen LogP contribution in [-0.2, 0) is 11.2 Å². The minimum Gasteiger partial charge on any atom is -0.497 e. The molecule has 0 saturated heterocycles. The van der Waals surface area contributed by atoms with Crippen molar-refractivity contribution in [1.82, 2.24) is 9.88 Å². The highest BCUT2D eigenvalue weighted by molar-refractivity contribution is 5.91. The zero-order chi connectivity index (χ0) is 16.1. The number of carbonyl (C=O) groups excluding carboxylic acids is 1. The van der Waals surface area contributed by atoms with E-state index in [9.17, 15) is 4.79 Å². The topological polar surface area (TPSA) is 45.3 Å². The smallest absolute Gasteiger partial charge is 0.227 e. The third-order valence-electron chi connectivity index (χ3n) is 3.99. The van der Waals surface area contributed by atoms with Gasteiger partial charge in [-0.3, -0.25) is 4.79 Å². The van der Waals surface area contributed by atoms with E-state index in [0.29, 0.717) is 6.42 Å². The van der Waals surface area contributed by atoms with E-state index in [1.165, 1.54) is 0 Å². The summed E-state index contributed by atoms with van der Waals surface area (Å²) in [7, 11) is 1.66. The minimum absolute atomic E-state index is 0.204. The lowest BCUT2D eigenvalue weighted by atomic mass is 10.1. The van der Waals surface area contributed by atoms with Crippen LogP contribution in [0.1, 0.15) is 37.9 Å². The van der Waals surface area contributed by atoms with Crippen LogP contribution in [-0.4, -0.2) is 36.0 Å². The summed E-state index contributed by atoms with van der Waals surface area (Å²) in [5.41, 5.74) is 3.19. The largest absolute Gasteiger partial charge is 0.497 e. The van der Waals surface area contributed by atoms with Crippen LogP contribution in [0.2, 0.25) is 0 Å². The molecule has 1 heterocycles. The molecule has 120 valence electrons. The Morgan fingerprint density at radius 3 is 2.50 bits per heavy atom. The van der Waals surface area contributed by atoms with Gasteiger partial charge in [0.25, 0.3) is 0 Å². The van der Waals surface area contributed by atoms with Crippen molar-refractivity contribution in [3.63, 3.8) is 0 Å². The second-order valence-electron chi connectivity index (χ2n) is 5.70. The lowest BCUT2D eigenvalue weighted by Crippen LogP contribution is -2.33. The fraction of sp³-hybridized carbons (Fsp3) is 0.500. The molecule has 1 aromatic carbocycles. The fourth-order valence-electron chi connectivity index (χ4n) is 2.88. The Balaban J connectivity index is 2.29. The van der Waals surface area contributed by atoms with Gasteiger partial charge in [0.2, 0.25) is 5.91 Å². The van der Waals surface area contributed by atoms with Crippen LogP contribution in [0.25, 0.3) is 10.9 Å². The summed E-state index contributed by atoms with van der Waals surface area (Å²) in [6.45, 7) is 7.91. The van der Waals surface area contributed by atoms with Crippen molar-refractivity contribution >= 4 is 16.8 Å². The number of aromatic nitrogens is 1. The Labute approximate surface area is 132 Å². The first-order valence-electron chi connectivity index (χ1n) is 8.03. The maximum atomic E-state index is 12.6. The van der Waals surface area contributed by atoms with E-state index in [-0.39, 0.29) is 5.91 Å². The second kappa shape index (κ2) is 7.34. The Morgan fingerprint density at radius 1 is 1.23 bits per heavy atom. The predicted octanol–water partition coefficient (Wildman–Crippen LogP) is 3.68. The van der Waals surface area contributed by atoms with Gasteiger partial charge in [-0.25, -0.2) is 0 Å². The number of amides is 1. The first-order valence-corrected chi connectivity index (χ1v) is 8.03. The summed E-state index contributed by atoms with van der Waals surface area (Å²) in [6.07, 6.45) is 2.43. The highest BCUT2D eigenvalue weighted by Gasteiger charge is 2.17. The van der Waals surface area contributed by atoms with Crippen molar-refractivity contribution in [3.05, 3.63) is 29.5 Å². The number of ether oxygens (including phenoxy) is 1. The SMILES string of the molecule is CCCN(CCC)C(=O)Cc1c(C)[nH]c2ccc(OC)cc12. The van der Waals surface area contributed by atoms with Gasteiger partial charge in [-0.15, -0.1) is 0 Å². The number of nitrogens with one attached hydrogen (secondary N) is 1. The molecule has 2 aromatic rings. The molecule has 0 aliphatic carbocycles. The van der Waals surface area contributed by atoms with E-state index >= 15 is 0 Å². The van der Waals surface area contributed by atoms with Crippen LogP contribution >= 0.6 is 0 Å². The van der Waals surface area contributed by atoms with Crippen LogP contribution in [0.5, 0.6) is 5.75 Å². The summed E-state index contributed by atoms with van der Waals surface area (Å²) < 4.78 is 5.31. The number of fused-ring (bicyclic) bond motifs is 1. The molecule has 0 unspecified atom stereocenters. The van der Waals surface area contributed by atoms with Crippen molar-refractivity contribution in [2.24, 2.45) is 0 Å². The maximum Gasteiger partial charge on any atom is 0.227 e. The molecule has 1 amide bonds. The van der Waals surface area contributed by atoms with Crippen LogP contribution in [0.15, 0.2) is 18.2 Å². The van der Waals surface area contributed by atoms with Gasteiger partial charge in [0.05, 0.1) is 13.5 Å². The number of benzene rings is 1. The molecular formula is C18H26N2O2. The summed E-state index contributed by atoms with van der Waals surface area (Å²) in [4.78, 5) is 18.0. The molecule has 0 radical (unpaired) electrons.